The van der Waals surface area contributed by atoms with E-state index < -0.39 is 49.3 Å². The number of rotatable bonds is 8. The van der Waals surface area contributed by atoms with Crippen molar-refractivity contribution < 1.29 is 28.1 Å². The standard InChI is InChI=1S/C16H32N2O3/c1-11(2)8-9-17-14(19)13(10-12(3)4)18-21-15(20)16(5,6)7/h11-13,18H,8-10H2,1-7H3,(H,17,19)/t13-/m1/s1/i3D3,4D3,10D2,12D,13D. The van der Waals surface area contributed by atoms with Crippen molar-refractivity contribution in [2.45, 2.75) is 67.1 Å². The van der Waals surface area contributed by atoms with Crippen molar-refractivity contribution >= 4 is 11.9 Å². The van der Waals surface area contributed by atoms with E-state index in [0.717, 1.165) is 0 Å². The molecule has 0 bridgehead atoms. The molecule has 21 heavy (non-hydrogen) atoms. The SMILES string of the molecule is [2H]C([2H])([2H])C([2H])(C([2H])([2H])[2H])C([2H])([2H])[C@@]([2H])(NOC(=O)C(C)(C)C)C(=O)NCCC(C)C. The zero-order chi connectivity index (χ0) is 25.3. The second-order valence-corrected chi connectivity index (χ2v) is 6.06. The van der Waals surface area contributed by atoms with E-state index in [9.17, 15) is 9.59 Å². The zero-order valence-electron chi connectivity index (χ0n) is 23.2. The lowest BCUT2D eigenvalue weighted by Gasteiger charge is -2.22. The highest BCUT2D eigenvalue weighted by Crippen LogP contribution is 2.15. The molecule has 0 rings (SSSR count). The minimum Gasteiger partial charge on any atom is -0.369 e. The summed E-state index contributed by atoms with van der Waals surface area (Å²) < 4.78 is 78.2. The molecular weight excluding hydrogens is 268 g/mol. The largest absolute Gasteiger partial charge is 0.369 e. The van der Waals surface area contributed by atoms with E-state index in [-0.39, 0.29) is 12.5 Å². The van der Waals surface area contributed by atoms with Gasteiger partial charge in [-0.3, -0.25) is 4.79 Å². The Hall–Kier alpha value is -1.10. The summed E-state index contributed by atoms with van der Waals surface area (Å²) in [6, 6.07) is -3.48. The normalized spacial score (nSPS) is 24.3. The summed E-state index contributed by atoms with van der Waals surface area (Å²) in [7, 11) is 0. The minimum absolute atomic E-state index is 0.0470. The van der Waals surface area contributed by atoms with Crippen LogP contribution in [0, 0.1) is 17.2 Å². The fourth-order valence-electron chi connectivity index (χ4n) is 1.07. The zero-order valence-corrected chi connectivity index (χ0v) is 13.2. The molecule has 0 aliphatic carbocycles. The van der Waals surface area contributed by atoms with Gasteiger partial charge in [-0.05, 0) is 45.4 Å². The molecule has 0 unspecified atom stereocenters. The van der Waals surface area contributed by atoms with Crippen LogP contribution in [0.1, 0.15) is 74.8 Å². The number of hydroxylamine groups is 1. The highest BCUT2D eigenvalue weighted by Gasteiger charge is 2.26. The molecule has 0 saturated carbocycles. The number of hydrogen-bond donors (Lipinski definition) is 2. The van der Waals surface area contributed by atoms with Gasteiger partial charge in [0.15, 0.2) is 0 Å². The summed E-state index contributed by atoms with van der Waals surface area (Å²) in [5.41, 5.74) is 0.489. The molecule has 0 aliphatic rings. The lowest BCUT2D eigenvalue weighted by Crippen LogP contribution is -2.47. The molecule has 1 amide bonds. The molecule has 1 atom stereocenters. The third-order valence-electron chi connectivity index (χ3n) is 2.34. The van der Waals surface area contributed by atoms with Gasteiger partial charge in [-0.1, -0.05) is 27.6 Å². The average molecular weight is 311 g/mol. The van der Waals surface area contributed by atoms with Gasteiger partial charge < -0.3 is 10.2 Å². The monoisotopic (exact) mass is 310 g/mol. The summed E-state index contributed by atoms with van der Waals surface area (Å²) in [5.74, 6) is -6.31. The highest BCUT2D eigenvalue weighted by molar-refractivity contribution is 5.82. The maximum Gasteiger partial charge on any atom is 0.330 e. The molecule has 0 radical (unpaired) electrons. The van der Waals surface area contributed by atoms with E-state index >= 15 is 0 Å². The molecule has 5 heteroatoms. The lowest BCUT2D eigenvalue weighted by atomic mass is 9.98. The van der Waals surface area contributed by atoms with Crippen LogP contribution >= 0.6 is 0 Å². The van der Waals surface area contributed by atoms with Gasteiger partial charge in [0.1, 0.15) is 6.02 Å². The van der Waals surface area contributed by atoms with Crippen molar-refractivity contribution in [1.29, 1.82) is 0 Å². The van der Waals surface area contributed by atoms with Crippen LogP contribution in [0.2, 0.25) is 0 Å². The topological polar surface area (TPSA) is 67.4 Å². The van der Waals surface area contributed by atoms with E-state index in [4.69, 9.17) is 18.5 Å². The van der Waals surface area contributed by atoms with Gasteiger partial charge in [-0.15, -0.1) is 5.48 Å². The molecule has 5 nitrogen and oxygen atoms in total. The van der Waals surface area contributed by atoms with E-state index in [2.05, 4.69) is 5.32 Å². The second-order valence-electron chi connectivity index (χ2n) is 6.06. The molecule has 0 aromatic heterocycles. The van der Waals surface area contributed by atoms with Crippen molar-refractivity contribution in [3.05, 3.63) is 0 Å². The lowest BCUT2D eigenvalue weighted by molar-refractivity contribution is -0.164. The van der Waals surface area contributed by atoms with Gasteiger partial charge in [0.2, 0.25) is 5.91 Å². The minimum atomic E-state index is -3.93. The van der Waals surface area contributed by atoms with Crippen molar-refractivity contribution in [1.82, 2.24) is 10.8 Å². The van der Waals surface area contributed by atoms with Crippen LogP contribution in [0.15, 0.2) is 0 Å². The molecule has 0 spiro atoms. The number of nitrogens with one attached hydrogen (secondary N) is 2. The van der Waals surface area contributed by atoms with E-state index in [0.29, 0.717) is 6.42 Å². The third-order valence-corrected chi connectivity index (χ3v) is 2.34. The predicted octanol–water partition coefficient (Wildman–Crippen LogP) is 2.66. The Morgan fingerprint density at radius 1 is 1.33 bits per heavy atom. The molecular formula is C16H32N2O3. The van der Waals surface area contributed by atoms with Crippen molar-refractivity contribution in [2.75, 3.05) is 6.54 Å². The molecule has 0 heterocycles. The number of hydrogen-bond acceptors (Lipinski definition) is 4. The van der Waals surface area contributed by atoms with Crippen LogP contribution in [-0.2, 0) is 14.4 Å². The molecule has 0 aromatic rings. The average Bonchev–Trinajstić information content (AvgIpc) is 2.54. The summed E-state index contributed by atoms with van der Waals surface area (Å²) in [6.07, 6.45) is -3.48. The van der Waals surface area contributed by atoms with Gasteiger partial charge in [-0.2, -0.15) is 0 Å². The third kappa shape index (κ3) is 9.45. The van der Waals surface area contributed by atoms with Gasteiger partial charge in [-0.25, -0.2) is 4.79 Å². The molecule has 0 saturated heterocycles. The molecule has 0 aromatic carbocycles. The summed E-state index contributed by atoms with van der Waals surface area (Å²) in [5, 5.41) is 2.23. The summed E-state index contributed by atoms with van der Waals surface area (Å²) >= 11 is 0. The van der Waals surface area contributed by atoms with Crippen LogP contribution in [0.25, 0.3) is 0 Å². The van der Waals surface area contributed by atoms with Crippen LogP contribution < -0.4 is 10.8 Å². The first kappa shape index (κ1) is 8.51. The summed E-state index contributed by atoms with van der Waals surface area (Å²) in [4.78, 5) is 29.6. The Labute approximate surface area is 143 Å². The molecule has 0 fully saturated rings. The number of carbonyl (C=O) groups is 2. The first-order valence-electron chi connectivity index (χ1n) is 11.7. The fourth-order valence-corrected chi connectivity index (χ4v) is 1.07. The number of amides is 1. The van der Waals surface area contributed by atoms with E-state index in [1.165, 1.54) is 20.8 Å². The van der Waals surface area contributed by atoms with Crippen LogP contribution in [-0.4, -0.2) is 24.4 Å². The molecule has 0 aliphatic heterocycles. The first-order valence-corrected chi connectivity index (χ1v) is 6.73. The van der Waals surface area contributed by atoms with E-state index in [1.54, 1.807) is 5.48 Å². The van der Waals surface area contributed by atoms with Crippen molar-refractivity contribution in [2.24, 2.45) is 17.2 Å². The van der Waals surface area contributed by atoms with Crippen molar-refractivity contribution in [3.8, 4) is 0 Å². The smallest absolute Gasteiger partial charge is 0.330 e. The molecule has 2 N–H and O–H groups in total. The van der Waals surface area contributed by atoms with Crippen LogP contribution in [0.5, 0.6) is 0 Å². The summed E-state index contributed by atoms with van der Waals surface area (Å²) in [6.45, 7) is 0.360. The maximum atomic E-state index is 12.8. The van der Waals surface area contributed by atoms with Gasteiger partial charge in [0.25, 0.3) is 0 Å². The van der Waals surface area contributed by atoms with Gasteiger partial charge in [0.05, 0.1) is 6.79 Å². The Kier molecular flexibility index (Phi) is 3.66. The Morgan fingerprint density at radius 2 is 1.95 bits per heavy atom. The quantitative estimate of drug-likeness (QED) is 0.676. The van der Waals surface area contributed by atoms with Gasteiger partial charge >= 0.3 is 5.97 Å². The second kappa shape index (κ2) is 9.03. The maximum absolute atomic E-state index is 12.8. The highest BCUT2D eigenvalue weighted by atomic mass is 16.7. The molecule has 124 valence electrons. The Bertz CT molecular complexity index is 642. The van der Waals surface area contributed by atoms with E-state index in [1.807, 2.05) is 13.8 Å². The van der Waals surface area contributed by atoms with Crippen molar-refractivity contribution in [3.63, 3.8) is 0 Å². The predicted molar refractivity (Wildman–Crippen MR) is 84.4 cm³/mol. The fraction of sp³-hybridized carbons (Fsp3) is 0.875. The first-order chi connectivity index (χ1) is 13.5. The Morgan fingerprint density at radius 3 is 2.43 bits per heavy atom. The van der Waals surface area contributed by atoms with Gasteiger partial charge in [0, 0.05) is 18.9 Å². The Balaban J connectivity index is 6.49. The van der Waals surface area contributed by atoms with Crippen LogP contribution in [0.4, 0.5) is 0 Å². The number of carbonyl (C=O) groups excluding carboxylic acids is 2. The van der Waals surface area contributed by atoms with Crippen LogP contribution in [0.3, 0.4) is 0 Å².